The van der Waals surface area contributed by atoms with E-state index in [1.165, 1.54) is 12.3 Å². The molecule has 1 aliphatic heterocycles. The minimum atomic E-state index is -4.80. The minimum absolute atomic E-state index is 0.0622. The molecule has 3 unspecified atom stereocenters. The van der Waals surface area contributed by atoms with E-state index in [-0.39, 0.29) is 5.82 Å². The van der Waals surface area contributed by atoms with Gasteiger partial charge in [-0.3, -0.25) is 13.7 Å². The predicted octanol–water partition coefficient (Wildman–Crippen LogP) is -2.22. The molecule has 2 heterocycles. The molecule has 7 N–H and O–H groups in total. The summed E-state index contributed by atoms with van der Waals surface area (Å²) < 4.78 is 33.0. The minimum Gasteiger partial charge on any atom is -0.387 e. The van der Waals surface area contributed by atoms with Crippen molar-refractivity contribution in [2.24, 2.45) is 0 Å². The van der Waals surface area contributed by atoms with Gasteiger partial charge in [0.2, 0.25) is 0 Å². The second-order valence-corrected chi connectivity index (χ2v) is 9.32. The van der Waals surface area contributed by atoms with Crippen LogP contribution in [0.5, 0.6) is 0 Å². The van der Waals surface area contributed by atoms with Crippen LogP contribution in [0.15, 0.2) is 17.1 Å². The predicted molar refractivity (Wildman–Crippen MR) is 81.5 cm³/mol. The van der Waals surface area contributed by atoms with E-state index in [1.807, 2.05) is 0 Å². The summed E-state index contributed by atoms with van der Waals surface area (Å²) in [6.07, 6.45) is -4.69. The van der Waals surface area contributed by atoms with Crippen molar-refractivity contribution in [3.05, 3.63) is 22.7 Å². The van der Waals surface area contributed by atoms with Gasteiger partial charge in [-0.15, -0.1) is 0 Å². The van der Waals surface area contributed by atoms with Gasteiger partial charge in [0.1, 0.15) is 24.1 Å². The van der Waals surface area contributed by atoms with Crippen LogP contribution in [-0.2, 0) is 18.4 Å². The molecular formula is C10H17N3O10P2. The second kappa shape index (κ2) is 7.23. The van der Waals surface area contributed by atoms with Crippen LogP contribution in [0.2, 0.25) is 0 Å². The first kappa shape index (κ1) is 20.2. The molecule has 13 nitrogen and oxygen atoms in total. The molecule has 1 fully saturated rings. The lowest BCUT2D eigenvalue weighted by Crippen LogP contribution is -2.36. The molecule has 0 aliphatic carbocycles. The fraction of sp³-hybridized carbons (Fsp3) is 0.600. The van der Waals surface area contributed by atoms with Crippen LogP contribution in [0.4, 0.5) is 5.82 Å². The lowest BCUT2D eigenvalue weighted by atomic mass is 10.1. The molecule has 0 bridgehead atoms. The van der Waals surface area contributed by atoms with Crippen molar-refractivity contribution in [3.8, 4) is 0 Å². The largest absolute Gasteiger partial charge is 0.387 e. The number of hydrogen-bond acceptors (Lipinski definition) is 9. The van der Waals surface area contributed by atoms with Crippen molar-refractivity contribution < 1.29 is 43.3 Å². The van der Waals surface area contributed by atoms with Crippen molar-refractivity contribution in [2.75, 3.05) is 18.2 Å². The van der Waals surface area contributed by atoms with Crippen molar-refractivity contribution in [1.82, 2.24) is 9.55 Å². The number of aliphatic hydroxyl groups excluding tert-OH is 2. The van der Waals surface area contributed by atoms with Gasteiger partial charge in [-0.05, 0) is 6.07 Å². The van der Waals surface area contributed by atoms with Gasteiger partial charge in [-0.1, -0.05) is 0 Å². The van der Waals surface area contributed by atoms with Gasteiger partial charge in [0.25, 0.3) is 0 Å². The molecule has 25 heavy (non-hydrogen) atoms. The Morgan fingerprint density at radius 1 is 1.28 bits per heavy atom. The Balaban J connectivity index is 2.08. The number of ether oxygens (including phenoxy) is 1. The Bertz CT molecular complexity index is 778. The molecule has 1 aromatic heterocycles. The summed E-state index contributed by atoms with van der Waals surface area (Å²) >= 11 is 0. The molecular weight excluding hydrogens is 384 g/mol. The Morgan fingerprint density at radius 2 is 1.92 bits per heavy atom. The maximum atomic E-state index is 11.8. The summed E-state index contributed by atoms with van der Waals surface area (Å²) in [7, 11) is -9.46. The summed E-state index contributed by atoms with van der Waals surface area (Å²) in [6.45, 7) is -0.750. The van der Waals surface area contributed by atoms with E-state index < -0.39 is 57.9 Å². The maximum absolute atomic E-state index is 11.8. The highest BCUT2D eigenvalue weighted by Gasteiger charge is 2.45. The van der Waals surface area contributed by atoms with E-state index in [2.05, 4.69) is 9.51 Å². The van der Waals surface area contributed by atoms with Gasteiger partial charge in [-0.25, -0.2) is 4.79 Å². The molecule has 0 spiro atoms. The molecule has 1 aliphatic rings. The molecule has 15 heteroatoms. The molecule has 0 aromatic carbocycles. The lowest BCUT2D eigenvalue weighted by molar-refractivity contribution is -0.0523. The number of nitrogens with zero attached hydrogens (tertiary/aromatic N) is 2. The van der Waals surface area contributed by atoms with E-state index in [1.54, 1.807) is 0 Å². The Morgan fingerprint density at radius 3 is 2.48 bits per heavy atom. The number of nitrogens with two attached hydrogens (primary N) is 1. The molecule has 5 atom stereocenters. The summed E-state index contributed by atoms with van der Waals surface area (Å²) in [5.41, 5.74) is 4.49. The van der Waals surface area contributed by atoms with Crippen LogP contribution in [0.25, 0.3) is 0 Å². The highest BCUT2D eigenvalue weighted by Crippen LogP contribution is 2.55. The quantitative estimate of drug-likeness (QED) is 0.280. The van der Waals surface area contributed by atoms with Gasteiger partial charge in [-0.2, -0.15) is 4.98 Å². The zero-order valence-electron chi connectivity index (χ0n) is 12.5. The average Bonchev–Trinajstić information content (AvgIpc) is 2.71. The fourth-order valence-electron chi connectivity index (χ4n) is 2.18. The van der Waals surface area contributed by atoms with E-state index >= 15 is 0 Å². The van der Waals surface area contributed by atoms with Gasteiger partial charge in [0.05, 0.1) is 6.61 Å². The molecule has 0 amide bonds. The molecule has 1 saturated heterocycles. The van der Waals surface area contributed by atoms with Crippen LogP contribution in [0.3, 0.4) is 0 Å². The molecule has 0 saturated carbocycles. The van der Waals surface area contributed by atoms with E-state index in [0.717, 1.165) is 4.57 Å². The summed E-state index contributed by atoms with van der Waals surface area (Å²) in [6, 6.07) is 1.26. The van der Waals surface area contributed by atoms with Crippen LogP contribution < -0.4 is 11.4 Å². The molecule has 2 rings (SSSR count). The molecule has 0 radical (unpaired) electrons. The normalized spacial score (nSPS) is 29.5. The lowest BCUT2D eigenvalue weighted by Gasteiger charge is -2.18. The second-order valence-electron chi connectivity index (χ2n) is 5.33. The van der Waals surface area contributed by atoms with E-state index in [9.17, 15) is 29.0 Å². The smallest absolute Gasteiger partial charge is 0.351 e. The van der Waals surface area contributed by atoms with Crippen LogP contribution in [0, 0.1) is 0 Å². The highest BCUT2D eigenvalue weighted by molar-refractivity contribution is 7.70. The van der Waals surface area contributed by atoms with E-state index in [0.29, 0.717) is 0 Å². The highest BCUT2D eigenvalue weighted by atomic mass is 31.2. The third-order valence-corrected chi connectivity index (χ3v) is 6.72. The topological polar surface area (TPSA) is 215 Å². The Labute approximate surface area is 140 Å². The number of nitrogen functional groups attached to an aromatic ring is 1. The van der Waals surface area contributed by atoms with Gasteiger partial charge in [0.15, 0.2) is 12.1 Å². The van der Waals surface area contributed by atoms with Gasteiger partial charge < -0.3 is 39.9 Å². The fourth-order valence-corrected chi connectivity index (χ4v) is 4.75. The number of aliphatic hydroxyl groups is 2. The SMILES string of the molecule is Nc1ccn([C@@H]2O[C@H](COP(=O)(O)CP(=O)(O)O)C(O)C2O)c(=O)n1. The summed E-state index contributed by atoms with van der Waals surface area (Å²) in [4.78, 5) is 42.0. The monoisotopic (exact) mass is 401 g/mol. The average molecular weight is 401 g/mol. The first-order valence-corrected chi connectivity index (χ1v) is 10.3. The first-order chi connectivity index (χ1) is 11.4. The standard InChI is InChI=1S/C10H17N3O10P2/c11-6-1-2-13(10(16)12-6)9-8(15)7(14)5(23-9)3-22-25(20,21)4-24(17,18)19/h1-2,5,7-9,14-15H,3-4H2,(H,20,21)(H2,11,12,16)(H2,17,18,19)/t5-,7?,8?,9-/m1/s1. The zero-order valence-corrected chi connectivity index (χ0v) is 14.3. The van der Waals surface area contributed by atoms with Crippen LogP contribution >= 0.6 is 15.2 Å². The van der Waals surface area contributed by atoms with Gasteiger partial charge in [0, 0.05) is 6.20 Å². The number of anilines is 1. The van der Waals surface area contributed by atoms with Crippen LogP contribution in [0.1, 0.15) is 6.23 Å². The molecule has 142 valence electrons. The maximum Gasteiger partial charge on any atom is 0.351 e. The summed E-state index contributed by atoms with van der Waals surface area (Å²) in [5, 5.41) is 19.9. The third kappa shape index (κ3) is 5.17. The Kier molecular flexibility index (Phi) is 5.84. The van der Waals surface area contributed by atoms with Crippen molar-refractivity contribution >= 4 is 21.0 Å². The Hall–Kier alpha value is -1.14. The number of rotatable bonds is 6. The summed E-state index contributed by atoms with van der Waals surface area (Å²) in [5.74, 6) is -1.47. The number of hydrogen-bond donors (Lipinski definition) is 6. The number of aromatic nitrogens is 2. The van der Waals surface area contributed by atoms with Crippen LogP contribution in [-0.4, -0.2) is 65.3 Å². The third-order valence-electron chi connectivity index (χ3n) is 3.27. The van der Waals surface area contributed by atoms with Gasteiger partial charge >= 0.3 is 20.9 Å². The first-order valence-electron chi connectivity index (χ1n) is 6.77. The van der Waals surface area contributed by atoms with Crippen molar-refractivity contribution in [2.45, 2.75) is 24.5 Å². The van der Waals surface area contributed by atoms with E-state index in [4.69, 9.17) is 20.3 Å². The zero-order chi connectivity index (χ0) is 19.0. The van der Waals surface area contributed by atoms with Crippen molar-refractivity contribution in [1.29, 1.82) is 0 Å². The molecule has 1 aromatic rings. The van der Waals surface area contributed by atoms with Crippen molar-refractivity contribution in [3.63, 3.8) is 0 Å².